The third kappa shape index (κ3) is 3.72. The van der Waals surface area contributed by atoms with Gasteiger partial charge in [-0.25, -0.2) is 0 Å². The van der Waals surface area contributed by atoms with Gasteiger partial charge in [-0.05, 0) is 37.3 Å². The number of benzene rings is 1. The van der Waals surface area contributed by atoms with E-state index in [-0.39, 0.29) is 30.4 Å². The van der Waals surface area contributed by atoms with Gasteiger partial charge in [-0.1, -0.05) is 0 Å². The smallest absolute Gasteiger partial charge is 0.267 e. The van der Waals surface area contributed by atoms with Crippen LogP contribution >= 0.6 is 0 Å². The highest BCUT2D eigenvalue weighted by Gasteiger charge is 2.29. The van der Waals surface area contributed by atoms with Crippen molar-refractivity contribution in [3.63, 3.8) is 0 Å². The fourth-order valence-corrected chi connectivity index (χ4v) is 2.72. The van der Waals surface area contributed by atoms with Crippen molar-refractivity contribution in [1.82, 2.24) is 4.98 Å². The molecule has 1 aliphatic heterocycles. The molecule has 0 bridgehead atoms. The summed E-state index contributed by atoms with van der Waals surface area (Å²) in [7, 11) is 1.65. The zero-order valence-electron chi connectivity index (χ0n) is 14.6. The third-order valence-corrected chi connectivity index (χ3v) is 4.15. The van der Waals surface area contributed by atoms with Crippen molar-refractivity contribution < 1.29 is 19.1 Å². The maximum absolute atomic E-state index is 12.4. The molecule has 7 heteroatoms. The Hall–Kier alpha value is -3.22. The quantitative estimate of drug-likeness (QED) is 0.834. The minimum atomic E-state index is -0.551. The van der Waals surface area contributed by atoms with Crippen molar-refractivity contribution in [1.29, 1.82) is 0 Å². The summed E-state index contributed by atoms with van der Waals surface area (Å²) in [5, 5.41) is 2.69. The monoisotopic (exact) mass is 353 g/mol. The third-order valence-electron chi connectivity index (χ3n) is 4.15. The number of carbonyl (C=O) groups excluding carboxylic acids is 3. The van der Waals surface area contributed by atoms with Gasteiger partial charge in [0.05, 0.1) is 17.6 Å². The van der Waals surface area contributed by atoms with Crippen molar-refractivity contribution in [2.24, 2.45) is 0 Å². The Bertz CT molecular complexity index is 851. The fourth-order valence-electron chi connectivity index (χ4n) is 2.72. The van der Waals surface area contributed by atoms with E-state index in [2.05, 4.69) is 10.3 Å². The molecule has 26 heavy (non-hydrogen) atoms. The zero-order chi connectivity index (χ0) is 18.7. The highest BCUT2D eigenvalue weighted by molar-refractivity contribution is 6.03. The molecule has 1 aromatic heterocycles. The van der Waals surface area contributed by atoms with Crippen LogP contribution in [0.5, 0.6) is 5.75 Å². The summed E-state index contributed by atoms with van der Waals surface area (Å²) < 4.78 is 5.54. The number of hydrogen-bond acceptors (Lipinski definition) is 5. The lowest BCUT2D eigenvalue weighted by molar-refractivity contribution is -0.125. The van der Waals surface area contributed by atoms with Crippen LogP contribution in [0.4, 0.5) is 11.4 Å². The number of amides is 2. The second kappa shape index (κ2) is 7.35. The number of ether oxygens (including phenoxy) is 1. The van der Waals surface area contributed by atoms with E-state index in [1.54, 1.807) is 50.5 Å². The second-order valence-corrected chi connectivity index (χ2v) is 6.05. The number of rotatable bonds is 5. The zero-order valence-corrected chi connectivity index (χ0v) is 14.6. The first kappa shape index (κ1) is 17.6. The van der Waals surface area contributed by atoms with Crippen LogP contribution < -0.4 is 15.0 Å². The van der Waals surface area contributed by atoms with Gasteiger partial charge in [-0.2, -0.15) is 0 Å². The normalized spacial score (nSPS) is 15.8. The van der Waals surface area contributed by atoms with Gasteiger partial charge in [0.1, 0.15) is 5.75 Å². The lowest BCUT2D eigenvalue weighted by atomic mass is 10.0. The number of Topliss-reactive ketones (excluding diaryl/α,β-unsaturated/α-hetero) is 1. The van der Waals surface area contributed by atoms with Crippen molar-refractivity contribution in [3.8, 4) is 5.75 Å². The number of ketones is 1. The lowest BCUT2D eigenvalue weighted by Gasteiger charge is -2.30. The molecule has 0 saturated carbocycles. The maximum atomic E-state index is 12.4. The fraction of sp³-hybridized carbons (Fsp3) is 0.263. The largest absolute Gasteiger partial charge is 0.479 e. The Labute approximate surface area is 151 Å². The molecule has 0 radical (unpaired) electrons. The number of hydrogen-bond donors (Lipinski definition) is 1. The molecule has 134 valence electrons. The van der Waals surface area contributed by atoms with Crippen LogP contribution in [0, 0.1) is 0 Å². The molecule has 1 N–H and O–H groups in total. The number of pyridine rings is 1. The van der Waals surface area contributed by atoms with Crippen LogP contribution in [0.15, 0.2) is 42.7 Å². The van der Waals surface area contributed by atoms with Gasteiger partial charge in [0.15, 0.2) is 11.9 Å². The highest BCUT2D eigenvalue weighted by Crippen LogP contribution is 2.34. The van der Waals surface area contributed by atoms with Crippen LogP contribution in [-0.4, -0.2) is 35.7 Å². The predicted molar refractivity (Wildman–Crippen MR) is 96.4 cm³/mol. The second-order valence-electron chi connectivity index (χ2n) is 6.05. The van der Waals surface area contributed by atoms with Crippen LogP contribution in [0.3, 0.4) is 0 Å². The minimum absolute atomic E-state index is 0.0626. The molecule has 2 amide bonds. The van der Waals surface area contributed by atoms with E-state index in [4.69, 9.17) is 4.74 Å². The summed E-state index contributed by atoms with van der Waals surface area (Å²) in [5.74, 6) is -0.0363. The summed E-state index contributed by atoms with van der Waals surface area (Å²) in [6.07, 6.45) is 2.73. The molecular formula is C19H19N3O4. The van der Waals surface area contributed by atoms with Crippen molar-refractivity contribution in [2.45, 2.75) is 25.9 Å². The maximum Gasteiger partial charge on any atom is 0.267 e. The summed E-state index contributed by atoms with van der Waals surface area (Å²) in [6.45, 7) is 1.68. The van der Waals surface area contributed by atoms with Crippen molar-refractivity contribution in [3.05, 3.63) is 48.3 Å². The number of nitrogens with one attached hydrogen (secondary N) is 1. The first-order valence-electron chi connectivity index (χ1n) is 8.27. The summed E-state index contributed by atoms with van der Waals surface area (Å²) in [5.41, 5.74) is 1.58. The van der Waals surface area contributed by atoms with E-state index < -0.39 is 6.10 Å². The standard InChI is InChI=1S/C19H19N3O4/c1-12-19(25)22(2)15-10-13(5-7-17(15)26-12)16(23)6-8-18(24)21-14-4-3-9-20-11-14/h3-5,7,9-12H,6,8H2,1-2H3,(H,21,24). The molecule has 1 unspecified atom stereocenters. The highest BCUT2D eigenvalue weighted by atomic mass is 16.5. The van der Waals surface area contributed by atoms with Gasteiger partial charge in [0.25, 0.3) is 5.91 Å². The number of nitrogens with zero attached hydrogens (tertiary/aromatic N) is 2. The van der Waals surface area contributed by atoms with E-state index in [0.29, 0.717) is 22.7 Å². The predicted octanol–water partition coefficient (Wildman–Crippen LogP) is 2.43. The molecule has 7 nitrogen and oxygen atoms in total. The number of carbonyl (C=O) groups is 3. The van der Waals surface area contributed by atoms with Gasteiger partial charge >= 0.3 is 0 Å². The SMILES string of the molecule is CC1Oc2ccc(C(=O)CCC(=O)Nc3cccnc3)cc2N(C)C1=O. The number of likely N-dealkylation sites (N-methyl/N-ethyl adjacent to an activating group) is 1. The Morgan fingerprint density at radius 3 is 2.81 bits per heavy atom. The molecule has 2 aromatic rings. The van der Waals surface area contributed by atoms with Crippen molar-refractivity contribution >= 4 is 29.0 Å². The Morgan fingerprint density at radius 2 is 2.08 bits per heavy atom. The van der Waals surface area contributed by atoms with Crippen LogP contribution in [0.1, 0.15) is 30.1 Å². The van der Waals surface area contributed by atoms with Crippen molar-refractivity contribution in [2.75, 3.05) is 17.3 Å². The molecule has 3 rings (SSSR count). The molecule has 0 spiro atoms. The topological polar surface area (TPSA) is 88.6 Å². The number of fused-ring (bicyclic) bond motifs is 1. The molecule has 0 fully saturated rings. The first-order valence-corrected chi connectivity index (χ1v) is 8.27. The van der Waals surface area contributed by atoms with Gasteiger partial charge in [-0.3, -0.25) is 19.4 Å². The average Bonchev–Trinajstić information content (AvgIpc) is 2.65. The van der Waals surface area contributed by atoms with E-state index in [1.807, 2.05) is 0 Å². The van der Waals surface area contributed by atoms with E-state index in [9.17, 15) is 14.4 Å². The molecule has 2 heterocycles. The first-order chi connectivity index (χ1) is 12.5. The minimum Gasteiger partial charge on any atom is -0.479 e. The van der Waals surface area contributed by atoms with Gasteiger partial charge in [0, 0.05) is 31.6 Å². The van der Waals surface area contributed by atoms with Gasteiger partial charge in [0.2, 0.25) is 5.91 Å². The van der Waals surface area contributed by atoms with E-state index in [1.165, 1.54) is 11.1 Å². The van der Waals surface area contributed by atoms with Crippen LogP contribution in [0.2, 0.25) is 0 Å². The molecule has 1 aliphatic rings. The van der Waals surface area contributed by atoms with Crippen LogP contribution in [-0.2, 0) is 9.59 Å². The summed E-state index contributed by atoms with van der Waals surface area (Å²) in [4.78, 5) is 41.8. The Balaban J connectivity index is 1.64. The molecular weight excluding hydrogens is 334 g/mol. The lowest BCUT2D eigenvalue weighted by Crippen LogP contribution is -2.42. The molecule has 0 aliphatic carbocycles. The van der Waals surface area contributed by atoms with E-state index >= 15 is 0 Å². The number of aromatic nitrogens is 1. The Morgan fingerprint density at radius 1 is 1.27 bits per heavy atom. The molecule has 1 atom stereocenters. The molecule has 0 saturated heterocycles. The number of anilines is 2. The van der Waals surface area contributed by atoms with Crippen LogP contribution in [0.25, 0.3) is 0 Å². The average molecular weight is 353 g/mol. The Kier molecular flexibility index (Phi) is 4.97. The summed E-state index contributed by atoms with van der Waals surface area (Å²) >= 11 is 0. The summed E-state index contributed by atoms with van der Waals surface area (Å²) in [6, 6.07) is 8.40. The van der Waals surface area contributed by atoms with Gasteiger partial charge in [-0.15, -0.1) is 0 Å². The molecule has 1 aromatic carbocycles. The van der Waals surface area contributed by atoms with Gasteiger partial charge < -0.3 is 15.0 Å². The van der Waals surface area contributed by atoms with E-state index in [0.717, 1.165) is 0 Å².